The highest BCUT2D eigenvalue weighted by molar-refractivity contribution is 7.20. The van der Waals surface area contributed by atoms with E-state index in [-0.39, 0.29) is 5.91 Å². The summed E-state index contributed by atoms with van der Waals surface area (Å²) in [6.45, 7) is 2.10. The Kier molecular flexibility index (Phi) is 6.89. The van der Waals surface area contributed by atoms with Crippen molar-refractivity contribution in [2.45, 2.75) is 13.0 Å². The summed E-state index contributed by atoms with van der Waals surface area (Å²) in [4.78, 5) is 26.1. The Labute approximate surface area is 167 Å². The predicted molar refractivity (Wildman–Crippen MR) is 112 cm³/mol. The lowest BCUT2D eigenvalue weighted by Gasteiger charge is -2.28. The first-order valence-corrected chi connectivity index (χ1v) is 9.83. The Balaban J connectivity index is 0.000000706. The Bertz CT molecular complexity index is 970. The van der Waals surface area contributed by atoms with E-state index in [9.17, 15) is 9.59 Å². The maximum Gasteiger partial charge on any atom is 0.238 e. The van der Waals surface area contributed by atoms with E-state index in [0.29, 0.717) is 11.4 Å². The van der Waals surface area contributed by atoms with Gasteiger partial charge in [-0.2, -0.15) is 0 Å². The van der Waals surface area contributed by atoms with Crippen LogP contribution in [0.2, 0.25) is 0 Å². The van der Waals surface area contributed by atoms with Crippen LogP contribution >= 0.6 is 11.3 Å². The second-order valence-electron chi connectivity index (χ2n) is 6.52. The van der Waals surface area contributed by atoms with Gasteiger partial charge in [-0.25, -0.2) is 5.48 Å². The van der Waals surface area contributed by atoms with Gasteiger partial charge in [0.25, 0.3) is 0 Å². The zero-order chi connectivity index (χ0) is 19.9. The number of benzene rings is 2. The van der Waals surface area contributed by atoms with E-state index in [2.05, 4.69) is 28.4 Å². The molecule has 1 aliphatic rings. The van der Waals surface area contributed by atoms with Crippen molar-refractivity contribution in [1.82, 2.24) is 10.4 Å². The summed E-state index contributed by atoms with van der Waals surface area (Å²) >= 11 is 1.44. The zero-order valence-electron chi connectivity index (χ0n) is 15.6. The fourth-order valence-electron chi connectivity index (χ4n) is 3.28. The van der Waals surface area contributed by atoms with Gasteiger partial charge in [0.1, 0.15) is 0 Å². The molecule has 6 nitrogen and oxygen atoms in total. The lowest BCUT2D eigenvalue weighted by molar-refractivity contribution is -0.117. The minimum Gasteiger partial charge on any atom is -0.325 e. The third-order valence-electron chi connectivity index (χ3n) is 4.52. The second kappa shape index (κ2) is 9.57. The highest BCUT2D eigenvalue weighted by Gasteiger charge is 2.18. The van der Waals surface area contributed by atoms with Crippen molar-refractivity contribution in [3.8, 4) is 0 Å². The number of carbonyl (C=O) groups excluding carboxylic acids is 2. The maximum absolute atomic E-state index is 12.4. The van der Waals surface area contributed by atoms with Gasteiger partial charge in [-0.1, -0.05) is 30.3 Å². The summed E-state index contributed by atoms with van der Waals surface area (Å²) in [7, 11) is 1.43. The number of aldehydes is 1. The Hall–Kier alpha value is -2.58. The second-order valence-corrected chi connectivity index (χ2v) is 7.64. The molecule has 0 fully saturated rings. The first-order valence-electron chi connectivity index (χ1n) is 9.01. The van der Waals surface area contributed by atoms with Gasteiger partial charge in [0.15, 0.2) is 6.29 Å². The van der Waals surface area contributed by atoms with Crippen molar-refractivity contribution in [2.24, 2.45) is 0 Å². The highest BCUT2D eigenvalue weighted by atomic mass is 32.1. The van der Waals surface area contributed by atoms with Gasteiger partial charge >= 0.3 is 0 Å². The number of thiophene rings is 1. The summed E-state index contributed by atoms with van der Waals surface area (Å²) < 4.78 is 1.01. The molecule has 2 heterocycles. The quantitative estimate of drug-likeness (QED) is 0.465. The number of amides is 1. The van der Waals surface area contributed by atoms with Crippen LogP contribution in [0, 0.1) is 0 Å². The molecule has 0 bridgehead atoms. The van der Waals surface area contributed by atoms with Gasteiger partial charge in [0.05, 0.1) is 11.4 Å². The topological polar surface area (TPSA) is 81.7 Å². The molecule has 7 heteroatoms. The number of nitrogens with one attached hydrogen (secondary N) is 2. The number of anilines is 1. The summed E-state index contributed by atoms with van der Waals surface area (Å²) in [5.41, 5.74) is 5.21. The first kappa shape index (κ1) is 20.2. The largest absolute Gasteiger partial charge is 0.325 e. The van der Waals surface area contributed by atoms with E-state index in [1.165, 1.54) is 29.5 Å². The van der Waals surface area contributed by atoms with Crippen LogP contribution in [0.4, 0.5) is 5.69 Å². The van der Waals surface area contributed by atoms with E-state index >= 15 is 0 Å². The molecule has 0 saturated heterocycles. The molecule has 28 heavy (non-hydrogen) atoms. The summed E-state index contributed by atoms with van der Waals surface area (Å²) in [6.07, 6.45) is 1.84. The van der Waals surface area contributed by atoms with Crippen molar-refractivity contribution in [2.75, 3.05) is 25.5 Å². The monoisotopic (exact) mass is 397 g/mol. The van der Waals surface area contributed by atoms with Crippen LogP contribution in [0.5, 0.6) is 0 Å². The summed E-state index contributed by atoms with van der Waals surface area (Å²) in [6, 6.07) is 16.0. The van der Waals surface area contributed by atoms with Crippen molar-refractivity contribution < 1.29 is 14.8 Å². The highest BCUT2D eigenvalue weighted by Crippen LogP contribution is 2.27. The van der Waals surface area contributed by atoms with Crippen LogP contribution in [0.25, 0.3) is 10.1 Å². The molecule has 1 aliphatic heterocycles. The number of hydrogen-bond donors (Lipinski definition) is 3. The van der Waals surface area contributed by atoms with Crippen LogP contribution in [0.1, 0.15) is 20.8 Å². The van der Waals surface area contributed by atoms with Gasteiger partial charge in [0, 0.05) is 30.5 Å². The van der Waals surface area contributed by atoms with E-state index in [0.717, 1.165) is 41.6 Å². The molecule has 3 N–H and O–H groups in total. The van der Waals surface area contributed by atoms with Crippen LogP contribution < -0.4 is 10.8 Å². The number of hydroxylamine groups is 1. The van der Waals surface area contributed by atoms with Crippen LogP contribution in [0.3, 0.4) is 0 Å². The van der Waals surface area contributed by atoms with Gasteiger partial charge < -0.3 is 10.5 Å². The molecular weight excluding hydrogens is 374 g/mol. The van der Waals surface area contributed by atoms with Gasteiger partial charge in [0.2, 0.25) is 5.91 Å². The standard InChI is InChI=1S/C20H18N2O2S.CH5NO/c23-13-18-9-15-5-6-17(10-19(15)25-18)21-20(24)12-22-8-7-14-3-1-2-4-16(14)11-22;1-2-3/h1-6,9-10,13H,7-8,11-12H2,(H,21,24);2-3H,1H3. The smallest absolute Gasteiger partial charge is 0.238 e. The minimum absolute atomic E-state index is 0.00843. The molecular formula is C21H23N3O3S. The molecule has 0 radical (unpaired) electrons. The number of fused-ring (bicyclic) bond motifs is 2. The Morgan fingerprint density at radius 1 is 1.21 bits per heavy atom. The van der Waals surface area contributed by atoms with Crippen molar-refractivity contribution in [1.29, 1.82) is 0 Å². The van der Waals surface area contributed by atoms with Crippen molar-refractivity contribution in [3.63, 3.8) is 0 Å². The average Bonchev–Trinajstić information content (AvgIpc) is 3.11. The third-order valence-corrected chi connectivity index (χ3v) is 5.54. The Morgan fingerprint density at radius 2 is 1.96 bits per heavy atom. The summed E-state index contributed by atoms with van der Waals surface area (Å²) in [5, 5.41) is 11.3. The molecule has 2 aromatic carbocycles. The predicted octanol–water partition coefficient (Wildman–Crippen LogP) is 3.31. The molecule has 0 spiro atoms. The van der Waals surface area contributed by atoms with Gasteiger partial charge in [-0.05, 0) is 41.1 Å². The molecule has 0 aliphatic carbocycles. The number of carbonyl (C=O) groups is 2. The van der Waals surface area contributed by atoms with Crippen molar-refractivity contribution >= 4 is 39.3 Å². The average molecular weight is 398 g/mol. The lowest BCUT2D eigenvalue weighted by atomic mass is 10.00. The van der Waals surface area contributed by atoms with Crippen molar-refractivity contribution in [3.05, 3.63) is 64.5 Å². The fraction of sp³-hybridized carbons (Fsp3) is 0.238. The van der Waals surface area contributed by atoms with Crippen LogP contribution in [0.15, 0.2) is 48.5 Å². The molecule has 3 aromatic rings. The normalized spacial score (nSPS) is 13.4. The summed E-state index contributed by atoms with van der Waals surface area (Å²) in [5.74, 6) is -0.00843. The number of hydrogen-bond acceptors (Lipinski definition) is 6. The molecule has 4 rings (SSSR count). The van der Waals surface area contributed by atoms with Gasteiger partial charge in [-0.3, -0.25) is 14.5 Å². The van der Waals surface area contributed by atoms with Crippen LogP contribution in [-0.2, 0) is 17.8 Å². The molecule has 0 atom stereocenters. The molecule has 0 saturated carbocycles. The SMILES string of the molecule is CNO.O=Cc1cc2ccc(NC(=O)CN3CCc4ccccc4C3)cc2s1. The van der Waals surface area contributed by atoms with E-state index in [4.69, 9.17) is 5.21 Å². The maximum atomic E-state index is 12.4. The molecule has 1 amide bonds. The first-order chi connectivity index (χ1) is 13.6. The van der Waals surface area contributed by atoms with E-state index < -0.39 is 0 Å². The minimum atomic E-state index is -0.00843. The zero-order valence-corrected chi connectivity index (χ0v) is 16.5. The number of rotatable bonds is 4. The van der Waals surface area contributed by atoms with E-state index in [1.54, 1.807) is 5.48 Å². The number of nitrogens with zero attached hydrogens (tertiary/aromatic N) is 1. The molecule has 146 valence electrons. The Morgan fingerprint density at radius 3 is 2.71 bits per heavy atom. The van der Waals surface area contributed by atoms with Gasteiger partial charge in [-0.15, -0.1) is 11.3 Å². The molecule has 0 unspecified atom stereocenters. The molecule has 1 aromatic heterocycles. The third kappa shape index (κ3) is 5.02. The van der Waals surface area contributed by atoms with Crippen LogP contribution in [-0.4, -0.2) is 42.4 Å². The fourth-order valence-corrected chi connectivity index (χ4v) is 4.20. The lowest BCUT2D eigenvalue weighted by Crippen LogP contribution is -2.37. The van der Waals surface area contributed by atoms with E-state index in [1.807, 2.05) is 30.3 Å².